The molecule has 0 aliphatic heterocycles. The molecule has 0 rings (SSSR count). The number of halogens is 3. The van der Waals surface area contributed by atoms with Crippen molar-refractivity contribution in [3.63, 3.8) is 0 Å². The van der Waals surface area contributed by atoms with Crippen molar-refractivity contribution in [3.05, 3.63) is 0 Å². The number of alkyl halides is 3. The normalized spacial score (nSPS) is 12.2. The van der Waals surface area contributed by atoms with Crippen LogP contribution in [0.1, 0.15) is 20.8 Å². The Labute approximate surface area is 78.5 Å². The molecule has 0 radical (unpaired) electrons. The minimum absolute atomic E-state index is 0.809. The van der Waals surface area contributed by atoms with Crippen LogP contribution in [0.25, 0.3) is 0 Å². The Morgan fingerprint density at radius 1 is 1.00 bits per heavy atom. The van der Waals surface area contributed by atoms with Crippen molar-refractivity contribution in [2.45, 2.75) is 45.1 Å². The highest BCUT2D eigenvalue weighted by Gasteiger charge is 2.28. The van der Waals surface area contributed by atoms with Crippen LogP contribution in [-0.4, -0.2) is 14.3 Å². The minimum Gasteiger partial charge on any atom is -0.159 e. The zero-order valence-electron chi connectivity index (χ0n) is 8.26. The maximum atomic E-state index is 11.8. The summed E-state index contributed by atoms with van der Waals surface area (Å²) in [6, 6.07) is 2.43. The summed E-state index contributed by atoms with van der Waals surface area (Å²) in [5.41, 5.74) is 2.49. The first-order valence-corrected chi connectivity index (χ1v) is 7.12. The summed E-state index contributed by atoms with van der Waals surface area (Å²) in [4.78, 5) is 0. The van der Waals surface area contributed by atoms with Crippen LogP contribution in [0.2, 0.25) is 18.1 Å². The van der Waals surface area contributed by atoms with Gasteiger partial charge in [0.1, 0.15) is 8.07 Å². The molecule has 0 aliphatic rings. The van der Waals surface area contributed by atoms with Crippen LogP contribution in [-0.2, 0) is 0 Å². The maximum Gasteiger partial charge on any atom is 0.457 e. The van der Waals surface area contributed by atoms with Crippen molar-refractivity contribution in [2.75, 3.05) is 0 Å². The third kappa shape index (κ3) is 4.37. The second-order valence-electron chi connectivity index (χ2n) is 3.09. The third-order valence-corrected chi connectivity index (χ3v) is 7.22. The summed E-state index contributed by atoms with van der Waals surface area (Å²) in [5, 5.41) is 0. The van der Waals surface area contributed by atoms with Crippen LogP contribution >= 0.6 is 0 Å². The Morgan fingerprint density at radius 3 is 1.62 bits per heavy atom. The molecule has 0 aromatic carbocycles. The highest BCUT2D eigenvalue weighted by atomic mass is 28.3. The minimum atomic E-state index is -4.32. The van der Waals surface area contributed by atoms with Gasteiger partial charge in [-0.1, -0.05) is 20.8 Å². The van der Waals surface area contributed by atoms with Crippen molar-refractivity contribution < 1.29 is 13.2 Å². The molecule has 0 fully saturated rings. The summed E-state index contributed by atoms with van der Waals surface area (Å²) in [5.74, 6) is 1.43. The fourth-order valence-electron chi connectivity index (χ4n) is 1.22. The van der Waals surface area contributed by atoms with Gasteiger partial charge in [0, 0.05) is 5.92 Å². The molecule has 0 bridgehead atoms. The molecule has 0 saturated heterocycles. The topological polar surface area (TPSA) is 0 Å². The van der Waals surface area contributed by atoms with Crippen LogP contribution < -0.4 is 0 Å². The third-order valence-electron chi connectivity index (χ3n) is 2.50. The number of hydrogen-bond donors (Lipinski definition) is 0. The summed E-state index contributed by atoms with van der Waals surface area (Å²) in [6.07, 6.45) is -4.32. The van der Waals surface area contributed by atoms with Gasteiger partial charge in [0.2, 0.25) is 0 Å². The highest BCUT2D eigenvalue weighted by molar-refractivity contribution is 6.87. The van der Waals surface area contributed by atoms with Gasteiger partial charge >= 0.3 is 6.18 Å². The molecule has 0 N–H and O–H groups in total. The van der Waals surface area contributed by atoms with Crippen molar-refractivity contribution >= 4 is 8.07 Å². The summed E-state index contributed by atoms with van der Waals surface area (Å²) in [7, 11) is -1.91. The van der Waals surface area contributed by atoms with Crippen LogP contribution in [0.15, 0.2) is 0 Å². The lowest BCUT2D eigenvalue weighted by Gasteiger charge is -2.20. The summed E-state index contributed by atoms with van der Waals surface area (Å²) >= 11 is 0. The zero-order valence-corrected chi connectivity index (χ0v) is 9.26. The van der Waals surface area contributed by atoms with Crippen molar-refractivity contribution in [1.29, 1.82) is 0 Å². The zero-order chi connectivity index (χ0) is 10.5. The molecule has 0 atom stereocenters. The van der Waals surface area contributed by atoms with Gasteiger partial charge < -0.3 is 0 Å². The lowest BCUT2D eigenvalue weighted by molar-refractivity contribution is -0.0696. The Morgan fingerprint density at radius 2 is 1.38 bits per heavy atom. The molecule has 4 heteroatoms. The molecule has 0 heterocycles. The Bertz CT molecular complexity index is 197. The van der Waals surface area contributed by atoms with Gasteiger partial charge in [-0.25, -0.2) is 0 Å². The molecule has 0 aliphatic carbocycles. The lowest BCUT2D eigenvalue weighted by atomic mass is 10.7. The van der Waals surface area contributed by atoms with E-state index in [9.17, 15) is 13.2 Å². The van der Waals surface area contributed by atoms with Crippen LogP contribution in [0.3, 0.4) is 0 Å². The first-order valence-electron chi connectivity index (χ1n) is 4.50. The van der Waals surface area contributed by atoms with Crippen LogP contribution in [0.4, 0.5) is 13.2 Å². The van der Waals surface area contributed by atoms with Gasteiger partial charge in [-0.3, -0.25) is 0 Å². The second kappa shape index (κ2) is 4.71. The number of hydrogen-bond acceptors (Lipinski definition) is 0. The molecule has 0 unspecified atom stereocenters. The monoisotopic (exact) mass is 208 g/mol. The SMILES string of the molecule is CC[Si](C#CC(F)(F)F)(CC)CC. The molecule has 0 saturated carbocycles. The molecule has 0 spiro atoms. The first kappa shape index (κ1) is 12.6. The van der Waals surface area contributed by atoms with Crippen LogP contribution in [0, 0.1) is 11.5 Å². The average Bonchev–Trinajstić information content (AvgIpc) is 2.06. The molecule has 13 heavy (non-hydrogen) atoms. The maximum absolute atomic E-state index is 11.8. The van der Waals surface area contributed by atoms with E-state index in [4.69, 9.17) is 0 Å². The quantitative estimate of drug-likeness (QED) is 0.491. The lowest BCUT2D eigenvalue weighted by Crippen LogP contribution is -2.30. The standard InChI is InChI=1S/C9H15F3Si/c1-4-13(5-2,6-3)8-7-9(10,11)12/h4-6H2,1-3H3. The van der Waals surface area contributed by atoms with Gasteiger partial charge in [0.15, 0.2) is 0 Å². The van der Waals surface area contributed by atoms with E-state index in [0.29, 0.717) is 0 Å². The predicted molar refractivity (Wildman–Crippen MR) is 51.0 cm³/mol. The van der Waals surface area contributed by atoms with Crippen LogP contribution in [0.5, 0.6) is 0 Å². The smallest absolute Gasteiger partial charge is 0.159 e. The molecule has 76 valence electrons. The van der Waals surface area contributed by atoms with Gasteiger partial charge in [0.05, 0.1) is 0 Å². The van der Waals surface area contributed by atoms with Crippen molar-refractivity contribution in [3.8, 4) is 11.5 Å². The predicted octanol–water partition coefficient (Wildman–Crippen LogP) is 3.60. The van der Waals surface area contributed by atoms with E-state index >= 15 is 0 Å². The fraction of sp³-hybridized carbons (Fsp3) is 0.778. The van der Waals surface area contributed by atoms with Gasteiger partial charge in [-0.15, -0.1) is 5.54 Å². The molecular formula is C9H15F3Si. The molecular weight excluding hydrogens is 193 g/mol. The average molecular weight is 208 g/mol. The Hall–Kier alpha value is -0.433. The largest absolute Gasteiger partial charge is 0.457 e. The molecule has 0 aromatic heterocycles. The Balaban J connectivity index is 4.66. The highest BCUT2D eigenvalue weighted by Crippen LogP contribution is 2.20. The van der Waals surface area contributed by atoms with Crippen molar-refractivity contribution in [1.82, 2.24) is 0 Å². The Kier molecular flexibility index (Phi) is 4.55. The second-order valence-corrected chi connectivity index (χ2v) is 8.02. The number of rotatable bonds is 3. The van der Waals surface area contributed by atoms with E-state index in [1.54, 1.807) is 0 Å². The summed E-state index contributed by atoms with van der Waals surface area (Å²) < 4.78 is 35.5. The van der Waals surface area contributed by atoms with Gasteiger partial charge in [-0.05, 0) is 18.1 Å². The van der Waals surface area contributed by atoms with E-state index in [0.717, 1.165) is 18.1 Å². The van der Waals surface area contributed by atoms with E-state index in [-0.39, 0.29) is 0 Å². The van der Waals surface area contributed by atoms with E-state index in [1.807, 2.05) is 20.8 Å². The summed E-state index contributed by atoms with van der Waals surface area (Å²) in [6.45, 7) is 5.80. The van der Waals surface area contributed by atoms with E-state index in [1.165, 1.54) is 5.92 Å². The van der Waals surface area contributed by atoms with Gasteiger partial charge in [0.25, 0.3) is 0 Å². The van der Waals surface area contributed by atoms with Gasteiger partial charge in [-0.2, -0.15) is 13.2 Å². The molecule has 0 amide bonds. The van der Waals surface area contributed by atoms with E-state index in [2.05, 4.69) is 5.54 Å². The molecule has 0 aromatic rings. The van der Waals surface area contributed by atoms with Crippen molar-refractivity contribution in [2.24, 2.45) is 0 Å². The molecule has 0 nitrogen and oxygen atoms in total. The fourth-order valence-corrected chi connectivity index (χ4v) is 3.66. The first-order chi connectivity index (χ1) is 5.89. The van der Waals surface area contributed by atoms with E-state index < -0.39 is 14.3 Å².